The predicted octanol–water partition coefficient (Wildman–Crippen LogP) is 1.93. The third-order valence-corrected chi connectivity index (χ3v) is 5.38. The van der Waals surface area contributed by atoms with Gasteiger partial charge in [0.25, 0.3) is 15.7 Å². The van der Waals surface area contributed by atoms with E-state index in [0.717, 1.165) is 43.5 Å². The minimum absolute atomic E-state index is 0.102. The van der Waals surface area contributed by atoms with Gasteiger partial charge in [0.05, 0.1) is 4.90 Å². The molecule has 2 N–H and O–H groups in total. The van der Waals surface area contributed by atoms with E-state index >= 15 is 0 Å². The number of alkyl halides is 3. The Labute approximate surface area is 132 Å². The van der Waals surface area contributed by atoms with Crippen LogP contribution in [0.5, 0.6) is 0 Å². The number of nitrogens with zero attached hydrogens (tertiary/aromatic N) is 1. The van der Waals surface area contributed by atoms with Gasteiger partial charge < -0.3 is 10.6 Å². The molecule has 0 saturated carbocycles. The number of piperidine rings is 1. The first-order chi connectivity index (χ1) is 10.7. The van der Waals surface area contributed by atoms with Crippen LogP contribution in [0.3, 0.4) is 0 Å². The number of carbonyl (C=O) groups is 1. The summed E-state index contributed by atoms with van der Waals surface area (Å²) in [4.78, 5) is 13.1. The first-order valence-electron chi connectivity index (χ1n) is 7.11. The Hall–Kier alpha value is -1.61. The van der Waals surface area contributed by atoms with Crippen molar-refractivity contribution in [2.45, 2.75) is 35.7 Å². The second-order valence-corrected chi connectivity index (χ2v) is 7.30. The maximum atomic E-state index is 12.5. The van der Waals surface area contributed by atoms with Crippen molar-refractivity contribution in [3.05, 3.63) is 29.8 Å². The third-order valence-electron chi connectivity index (χ3n) is 3.88. The van der Waals surface area contributed by atoms with Crippen LogP contribution in [0.2, 0.25) is 0 Å². The van der Waals surface area contributed by atoms with Crippen LogP contribution in [0.4, 0.5) is 13.2 Å². The Bertz CT molecular complexity index is 672. The highest BCUT2D eigenvalue weighted by molar-refractivity contribution is 7.92. The van der Waals surface area contributed by atoms with Crippen molar-refractivity contribution in [3.8, 4) is 0 Å². The predicted molar refractivity (Wildman–Crippen MR) is 77.4 cm³/mol. The van der Waals surface area contributed by atoms with Crippen LogP contribution < -0.4 is 5.73 Å². The molecule has 1 aliphatic rings. The summed E-state index contributed by atoms with van der Waals surface area (Å²) in [6.45, 7) is 0.843. The number of sulfone groups is 1. The average molecular weight is 350 g/mol. The van der Waals surface area contributed by atoms with Crippen LogP contribution >= 0.6 is 0 Å². The normalized spacial score (nSPS) is 19.7. The van der Waals surface area contributed by atoms with Crippen molar-refractivity contribution in [1.82, 2.24) is 4.90 Å². The highest BCUT2D eigenvalue weighted by Crippen LogP contribution is 2.30. The van der Waals surface area contributed by atoms with Gasteiger partial charge in [0.1, 0.15) is 0 Å². The van der Waals surface area contributed by atoms with Gasteiger partial charge in [-0.3, -0.25) is 4.79 Å². The number of benzene rings is 1. The number of amides is 1. The molecule has 1 aromatic rings. The van der Waals surface area contributed by atoms with Crippen molar-refractivity contribution in [1.29, 1.82) is 0 Å². The summed E-state index contributed by atoms with van der Waals surface area (Å²) in [5.74, 6) is -0.351. The monoisotopic (exact) mass is 350 g/mol. The smallest absolute Gasteiger partial charge is 0.334 e. The third kappa shape index (κ3) is 3.50. The molecule has 23 heavy (non-hydrogen) atoms. The maximum Gasteiger partial charge on any atom is 0.501 e. The molecule has 1 aliphatic heterocycles. The largest absolute Gasteiger partial charge is 0.501 e. The first-order valence-corrected chi connectivity index (χ1v) is 8.59. The van der Waals surface area contributed by atoms with E-state index in [4.69, 9.17) is 5.73 Å². The van der Waals surface area contributed by atoms with Gasteiger partial charge in [-0.2, -0.15) is 13.2 Å². The molecular weight excluding hydrogens is 333 g/mol. The fourth-order valence-corrected chi connectivity index (χ4v) is 3.35. The van der Waals surface area contributed by atoms with E-state index in [1.165, 1.54) is 0 Å². The van der Waals surface area contributed by atoms with Gasteiger partial charge in [-0.25, -0.2) is 8.42 Å². The van der Waals surface area contributed by atoms with Crippen LogP contribution in [0.1, 0.15) is 29.6 Å². The number of halogens is 3. The molecule has 0 aromatic heterocycles. The SMILES string of the molecule is NC[C@@H]1CCCCN1C(=O)c1ccc(S(=O)(=O)C(F)(F)F)cc1. The topological polar surface area (TPSA) is 80.5 Å². The Morgan fingerprint density at radius 1 is 1.22 bits per heavy atom. The van der Waals surface area contributed by atoms with Crippen LogP contribution in [0, 0.1) is 0 Å². The zero-order valence-corrected chi connectivity index (χ0v) is 13.0. The molecule has 1 heterocycles. The molecule has 1 aromatic carbocycles. The van der Waals surface area contributed by atoms with Crippen molar-refractivity contribution in [3.63, 3.8) is 0 Å². The highest BCUT2D eigenvalue weighted by Gasteiger charge is 2.46. The molecule has 1 fully saturated rings. The van der Waals surface area contributed by atoms with Crippen molar-refractivity contribution >= 4 is 15.7 Å². The molecule has 128 valence electrons. The summed E-state index contributed by atoms with van der Waals surface area (Å²) in [5.41, 5.74) is 0.420. The van der Waals surface area contributed by atoms with Crippen molar-refractivity contribution in [2.75, 3.05) is 13.1 Å². The number of carbonyl (C=O) groups excluding carboxylic acids is 1. The summed E-state index contributed by atoms with van der Waals surface area (Å²) in [6.07, 6.45) is 2.58. The standard InChI is InChI=1S/C14H17F3N2O3S/c15-14(16,17)23(21,22)12-6-4-10(5-7-12)13(20)19-8-2-1-3-11(19)9-18/h4-7,11H,1-3,8-9,18H2/t11-/m0/s1. The van der Waals surface area contributed by atoms with Gasteiger partial charge in [0, 0.05) is 24.7 Å². The minimum Gasteiger partial charge on any atom is -0.334 e. The summed E-state index contributed by atoms with van der Waals surface area (Å²) in [7, 11) is -5.40. The minimum atomic E-state index is -5.40. The molecule has 0 radical (unpaired) electrons. The van der Waals surface area contributed by atoms with E-state index in [9.17, 15) is 26.4 Å². The molecule has 0 bridgehead atoms. The van der Waals surface area contributed by atoms with E-state index < -0.39 is 20.2 Å². The summed E-state index contributed by atoms with van der Waals surface area (Å²) < 4.78 is 60.1. The Morgan fingerprint density at radius 3 is 2.35 bits per heavy atom. The highest BCUT2D eigenvalue weighted by atomic mass is 32.2. The van der Waals surface area contributed by atoms with E-state index in [0.29, 0.717) is 13.1 Å². The zero-order valence-electron chi connectivity index (χ0n) is 12.2. The van der Waals surface area contributed by atoms with E-state index in [-0.39, 0.29) is 17.5 Å². The Morgan fingerprint density at radius 2 is 1.83 bits per heavy atom. The first kappa shape index (κ1) is 17.7. The number of rotatable bonds is 3. The van der Waals surface area contributed by atoms with Crippen LogP contribution in [-0.4, -0.2) is 43.9 Å². The number of hydrogen-bond donors (Lipinski definition) is 1. The molecular formula is C14H17F3N2O3S. The Balaban J connectivity index is 2.24. The Kier molecular flexibility index (Phi) is 5.00. The zero-order chi connectivity index (χ0) is 17.3. The van der Waals surface area contributed by atoms with Gasteiger partial charge in [-0.05, 0) is 43.5 Å². The summed E-state index contributed by atoms with van der Waals surface area (Å²) in [5, 5.41) is 0. The lowest BCUT2D eigenvalue weighted by Crippen LogP contribution is -2.47. The molecule has 1 saturated heterocycles. The van der Waals surface area contributed by atoms with Gasteiger partial charge in [-0.1, -0.05) is 0 Å². The molecule has 0 spiro atoms. The molecule has 2 rings (SSSR count). The van der Waals surface area contributed by atoms with E-state index in [1.807, 2.05) is 0 Å². The number of likely N-dealkylation sites (tertiary alicyclic amines) is 1. The van der Waals surface area contributed by atoms with Crippen molar-refractivity contribution in [2.24, 2.45) is 5.73 Å². The maximum absolute atomic E-state index is 12.5. The van der Waals surface area contributed by atoms with Crippen molar-refractivity contribution < 1.29 is 26.4 Å². The molecule has 1 amide bonds. The second kappa shape index (κ2) is 6.48. The van der Waals surface area contributed by atoms with Crippen LogP contribution in [0.15, 0.2) is 29.2 Å². The molecule has 0 unspecified atom stereocenters. The van der Waals surface area contributed by atoms with Gasteiger partial charge in [0.2, 0.25) is 0 Å². The van der Waals surface area contributed by atoms with Crippen LogP contribution in [-0.2, 0) is 9.84 Å². The lowest BCUT2D eigenvalue weighted by Gasteiger charge is -2.35. The van der Waals surface area contributed by atoms with E-state index in [2.05, 4.69) is 0 Å². The van der Waals surface area contributed by atoms with Crippen LogP contribution in [0.25, 0.3) is 0 Å². The molecule has 1 atom stereocenters. The van der Waals surface area contributed by atoms with Gasteiger partial charge >= 0.3 is 5.51 Å². The number of hydrogen-bond acceptors (Lipinski definition) is 4. The lowest BCUT2D eigenvalue weighted by atomic mass is 10.0. The summed E-state index contributed by atoms with van der Waals surface area (Å²) >= 11 is 0. The number of nitrogens with two attached hydrogens (primary N) is 1. The molecule has 9 heteroatoms. The fraction of sp³-hybridized carbons (Fsp3) is 0.500. The quantitative estimate of drug-likeness (QED) is 0.903. The van der Waals surface area contributed by atoms with E-state index in [1.54, 1.807) is 4.90 Å². The summed E-state index contributed by atoms with van der Waals surface area (Å²) in [6, 6.07) is 3.70. The fourth-order valence-electron chi connectivity index (χ4n) is 2.59. The molecule has 5 nitrogen and oxygen atoms in total. The molecule has 0 aliphatic carbocycles. The van der Waals surface area contributed by atoms with Gasteiger partial charge in [-0.15, -0.1) is 0 Å². The second-order valence-electron chi connectivity index (χ2n) is 5.36. The average Bonchev–Trinajstić information content (AvgIpc) is 2.53. The van der Waals surface area contributed by atoms with Gasteiger partial charge in [0.15, 0.2) is 0 Å². The lowest BCUT2D eigenvalue weighted by molar-refractivity contribution is -0.0436.